The molecule has 0 aromatic rings. The highest BCUT2D eigenvalue weighted by molar-refractivity contribution is 4.82. The molecule has 0 spiro atoms. The number of piperidine rings is 1. The Kier molecular flexibility index (Phi) is 11.0. The van der Waals surface area contributed by atoms with Crippen LogP contribution in [-0.2, 0) is 0 Å². The molecular weight excluding hydrogens is 311 g/mol. The van der Waals surface area contributed by atoms with Crippen molar-refractivity contribution in [2.24, 2.45) is 5.92 Å². The highest BCUT2D eigenvalue weighted by Gasteiger charge is 2.42. The summed E-state index contributed by atoms with van der Waals surface area (Å²) in [4.78, 5) is 2.17. The largest absolute Gasteiger partial charge is 0.393 e. The molecule has 4 heteroatoms. The number of rotatable bonds is 12. The van der Waals surface area contributed by atoms with Gasteiger partial charge >= 0.3 is 6.18 Å². The molecule has 0 aliphatic carbocycles. The first kappa shape index (κ1) is 21.8. The summed E-state index contributed by atoms with van der Waals surface area (Å²) in [5, 5.41) is 0. The monoisotopic (exact) mass is 349 g/mol. The minimum absolute atomic E-state index is 0.233. The van der Waals surface area contributed by atoms with E-state index in [0.29, 0.717) is 18.9 Å². The van der Waals surface area contributed by atoms with Gasteiger partial charge in [0.1, 0.15) is 0 Å². The first-order valence-corrected chi connectivity index (χ1v) is 10.3. The summed E-state index contributed by atoms with van der Waals surface area (Å²) in [5.41, 5.74) is 0. The number of alkyl halides is 3. The minimum Gasteiger partial charge on any atom is -0.300 e. The Morgan fingerprint density at radius 2 is 1.42 bits per heavy atom. The second kappa shape index (κ2) is 12.2. The molecule has 144 valence electrons. The highest BCUT2D eigenvalue weighted by atomic mass is 19.4. The molecule has 0 aromatic carbocycles. The van der Waals surface area contributed by atoms with Crippen LogP contribution in [0.2, 0.25) is 0 Å². The maximum absolute atomic E-state index is 13.1. The number of halogens is 3. The first-order valence-electron chi connectivity index (χ1n) is 10.3. The van der Waals surface area contributed by atoms with Crippen molar-refractivity contribution in [1.82, 2.24) is 4.90 Å². The predicted octanol–water partition coefficient (Wildman–Crippen LogP) is 6.96. The average Bonchev–Trinajstić information content (AvgIpc) is 2.56. The predicted molar refractivity (Wildman–Crippen MR) is 96.3 cm³/mol. The van der Waals surface area contributed by atoms with Crippen molar-refractivity contribution in [3.63, 3.8) is 0 Å². The summed E-state index contributed by atoms with van der Waals surface area (Å²) in [7, 11) is 0. The Morgan fingerprint density at radius 1 is 0.875 bits per heavy atom. The molecule has 2 atom stereocenters. The van der Waals surface area contributed by atoms with Crippen LogP contribution in [0.25, 0.3) is 0 Å². The fourth-order valence-electron chi connectivity index (χ4n) is 3.90. The second-order valence-corrected chi connectivity index (χ2v) is 7.58. The molecule has 0 amide bonds. The van der Waals surface area contributed by atoms with E-state index in [1.165, 1.54) is 57.8 Å². The molecule has 1 aliphatic rings. The zero-order valence-corrected chi connectivity index (χ0v) is 15.8. The topological polar surface area (TPSA) is 3.24 Å². The van der Waals surface area contributed by atoms with Gasteiger partial charge in [0.2, 0.25) is 0 Å². The van der Waals surface area contributed by atoms with Crippen LogP contribution in [-0.4, -0.2) is 30.2 Å². The van der Waals surface area contributed by atoms with E-state index in [9.17, 15) is 13.2 Å². The molecule has 2 unspecified atom stereocenters. The third-order valence-corrected chi connectivity index (χ3v) is 5.46. The normalized spacial score (nSPS) is 21.1. The first-order chi connectivity index (χ1) is 11.5. The van der Waals surface area contributed by atoms with Gasteiger partial charge < -0.3 is 0 Å². The molecule has 1 saturated heterocycles. The zero-order valence-electron chi connectivity index (χ0n) is 15.8. The van der Waals surface area contributed by atoms with Crippen molar-refractivity contribution in [1.29, 1.82) is 0 Å². The van der Waals surface area contributed by atoms with E-state index >= 15 is 0 Å². The molecule has 1 heterocycles. The fourth-order valence-corrected chi connectivity index (χ4v) is 3.90. The Balaban J connectivity index is 2.48. The molecule has 0 saturated carbocycles. The van der Waals surface area contributed by atoms with Gasteiger partial charge in [0.05, 0.1) is 5.92 Å². The van der Waals surface area contributed by atoms with Crippen molar-refractivity contribution in [2.75, 3.05) is 13.1 Å². The van der Waals surface area contributed by atoms with Gasteiger partial charge in [0.25, 0.3) is 0 Å². The number of hydrogen-bond donors (Lipinski definition) is 0. The second-order valence-electron chi connectivity index (χ2n) is 7.58. The lowest BCUT2D eigenvalue weighted by Gasteiger charge is -2.39. The number of nitrogens with zero attached hydrogens (tertiary/aromatic N) is 1. The highest BCUT2D eigenvalue weighted by Crippen LogP contribution is 2.34. The standard InChI is InChI=1S/C20H38F3N/c1-3-5-7-9-11-15-19(14-10-8-6-4-2)24-16-12-13-18(17-24)20(21,22)23/h18-19H,3-17H2,1-2H3. The van der Waals surface area contributed by atoms with Crippen LogP contribution in [0, 0.1) is 5.92 Å². The molecule has 0 bridgehead atoms. The third-order valence-electron chi connectivity index (χ3n) is 5.46. The van der Waals surface area contributed by atoms with Crippen LogP contribution in [0.15, 0.2) is 0 Å². The SMILES string of the molecule is CCCCCCCC(CCCCCC)N1CCCC(C(F)(F)F)C1. The van der Waals surface area contributed by atoms with Gasteiger partial charge in [-0.1, -0.05) is 71.6 Å². The molecule has 24 heavy (non-hydrogen) atoms. The van der Waals surface area contributed by atoms with E-state index in [0.717, 1.165) is 19.4 Å². The molecule has 0 N–H and O–H groups in total. The summed E-state index contributed by atoms with van der Waals surface area (Å²) in [5.74, 6) is -1.11. The van der Waals surface area contributed by atoms with Crippen LogP contribution in [0.5, 0.6) is 0 Å². The minimum atomic E-state index is -4.02. The lowest BCUT2D eigenvalue weighted by atomic mass is 9.92. The van der Waals surface area contributed by atoms with Crippen LogP contribution < -0.4 is 0 Å². The van der Waals surface area contributed by atoms with Crippen molar-refractivity contribution < 1.29 is 13.2 Å². The van der Waals surface area contributed by atoms with Gasteiger partial charge in [-0.3, -0.25) is 4.90 Å². The van der Waals surface area contributed by atoms with Crippen molar-refractivity contribution in [3.05, 3.63) is 0 Å². The molecule has 0 aromatic heterocycles. The van der Waals surface area contributed by atoms with Crippen LogP contribution in [0.3, 0.4) is 0 Å². The van der Waals surface area contributed by atoms with E-state index in [4.69, 9.17) is 0 Å². The smallest absolute Gasteiger partial charge is 0.300 e. The maximum Gasteiger partial charge on any atom is 0.393 e. The Morgan fingerprint density at radius 3 is 1.96 bits per heavy atom. The summed E-state index contributed by atoms with van der Waals surface area (Å²) >= 11 is 0. The average molecular weight is 350 g/mol. The van der Waals surface area contributed by atoms with Gasteiger partial charge in [-0.15, -0.1) is 0 Å². The Hall–Kier alpha value is -0.250. The van der Waals surface area contributed by atoms with E-state index in [1.54, 1.807) is 0 Å². The lowest BCUT2D eigenvalue weighted by Crippen LogP contribution is -2.46. The van der Waals surface area contributed by atoms with Gasteiger partial charge in [-0.25, -0.2) is 0 Å². The number of unbranched alkanes of at least 4 members (excludes halogenated alkanes) is 7. The van der Waals surface area contributed by atoms with Gasteiger partial charge in [0.15, 0.2) is 0 Å². The van der Waals surface area contributed by atoms with E-state index < -0.39 is 12.1 Å². The quantitative estimate of drug-likeness (QED) is 0.344. The third kappa shape index (κ3) is 8.73. The lowest BCUT2D eigenvalue weighted by molar-refractivity contribution is -0.188. The van der Waals surface area contributed by atoms with Crippen LogP contribution in [0.1, 0.15) is 97.3 Å². The Labute approximate surface area is 147 Å². The summed E-state index contributed by atoms with van der Waals surface area (Å²) in [6.45, 7) is 5.50. The molecular formula is C20H38F3N. The molecule has 1 rings (SSSR count). The van der Waals surface area contributed by atoms with Gasteiger partial charge in [0, 0.05) is 12.6 Å². The number of likely N-dealkylation sites (tertiary alicyclic amines) is 1. The maximum atomic E-state index is 13.1. The van der Waals surface area contributed by atoms with Crippen LogP contribution in [0.4, 0.5) is 13.2 Å². The summed E-state index contributed by atoms with van der Waals surface area (Å²) in [6, 6.07) is 0.369. The van der Waals surface area contributed by atoms with Crippen molar-refractivity contribution in [3.8, 4) is 0 Å². The molecule has 1 fully saturated rings. The van der Waals surface area contributed by atoms with E-state index in [1.807, 2.05) is 0 Å². The number of hydrogen-bond acceptors (Lipinski definition) is 1. The van der Waals surface area contributed by atoms with E-state index in [-0.39, 0.29) is 6.54 Å². The summed E-state index contributed by atoms with van der Waals surface area (Å²) in [6.07, 6.45) is 10.2. The molecule has 0 radical (unpaired) electrons. The summed E-state index contributed by atoms with van der Waals surface area (Å²) < 4.78 is 39.3. The van der Waals surface area contributed by atoms with Crippen molar-refractivity contribution >= 4 is 0 Å². The molecule has 1 aliphatic heterocycles. The zero-order chi connectivity index (χ0) is 17.8. The van der Waals surface area contributed by atoms with Crippen molar-refractivity contribution in [2.45, 2.75) is 110 Å². The van der Waals surface area contributed by atoms with Gasteiger partial charge in [-0.05, 0) is 32.2 Å². The van der Waals surface area contributed by atoms with Crippen LogP contribution >= 0.6 is 0 Å². The molecule has 1 nitrogen and oxygen atoms in total. The van der Waals surface area contributed by atoms with Gasteiger partial charge in [-0.2, -0.15) is 13.2 Å². The Bertz CT molecular complexity index is 304. The van der Waals surface area contributed by atoms with E-state index in [2.05, 4.69) is 18.7 Å². The fraction of sp³-hybridized carbons (Fsp3) is 1.00.